The van der Waals surface area contributed by atoms with Gasteiger partial charge in [-0.05, 0) is 6.07 Å². The number of nitrogens with two attached hydrogens (primary N) is 1. The normalized spacial score (nSPS) is 39.7. The van der Waals surface area contributed by atoms with E-state index in [0.717, 1.165) is 11.6 Å². The smallest absolute Gasteiger partial charge is 0.244 e. The second-order valence-electron chi connectivity index (χ2n) is 6.67. The van der Waals surface area contributed by atoms with Crippen molar-refractivity contribution in [3.05, 3.63) is 34.9 Å². The Morgan fingerprint density at radius 1 is 1.00 bits per heavy atom. The number of halogens is 1. The summed E-state index contributed by atoms with van der Waals surface area (Å²) in [7, 11) is 0. The SMILES string of the molecule is Clc1ccccc1C[NH2+]C12C[NH+]3C[NH+](C[NH+](C3)C1)C2. The fraction of sp³-hybridized carbons (Fsp3) is 0.571. The molecule has 0 amide bonds. The molecule has 4 bridgehead atoms. The minimum atomic E-state index is 0.452. The minimum absolute atomic E-state index is 0.452. The van der Waals surface area contributed by atoms with E-state index in [1.165, 1.54) is 45.2 Å². The summed E-state index contributed by atoms with van der Waals surface area (Å²) in [5.74, 6) is 0. The molecule has 1 aromatic rings. The fourth-order valence-corrected chi connectivity index (χ4v) is 4.72. The van der Waals surface area contributed by atoms with Gasteiger partial charge < -0.3 is 5.32 Å². The lowest BCUT2D eigenvalue weighted by atomic mass is 9.90. The first kappa shape index (κ1) is 12.1. The van der Waals surface area contributed by atoms with Gasteiger partial charge in [0.1, 0.15) is 6.54 Å². The fourth-order valence-electron chi connectivity index (χ4n) is 4.51. The van der Waals surface area contributed by atoms with Gasteiger partial charge in [0.2, 0.25) is 25.5 Å². The number of benzene rings is 1. The van der Waals surface area contributed by atoms with Crippen LogP contribution in [0.5, 0.6) is 0 Å². The average Bonchev–Trinajstić information content (AvgIpc) is 2.36. The van der Waals surface area contributed by atoms with Gasteiger partial charge in [-0.1, -0.05) is 29.8 Å². The van der Waals surface area contributed by atoms with Crippen molar-refractivity contribution < 1.29 is 20.0 Å². The van der Waals surface area contributed by atoms with Crippen molar-refractivity contribution in [1.29, 1.82) is 0 Å². The molecule has 4 fully saturated rings. The van der Waals surface area contributed by atoms with Crippen molar-refractivity contribution in [2.75, 3.05) is 39.6 Å². The molecule has 5 N–H and O–H groups in total. The standard InChI is InChI=1S/C14H19ClN4/c15-13-4-2-1-3-12(13)5-16-14-6-17-9-18(7-14)11-19(8-14)10-17/h1-4,16H,5-11H2/p+4. The molecule has 5 rings (SSSR count). The molecule has 1 aromatic carbocycles. The molecule has 4 heterocycles. The lowest BCUT2D eigenvalue weighted by Gasteiger charge is -2.50. The van der Waals surface area contributed by atoms with Gasteiger partial charge in [-0.3, -0.25) is 0 Å². The minimum Gasteiger partial charge on any atom is -0.323 e. The van der Waals surface area contributed by atoms with Gasteiger partial charge in [-0.15, -0.1) is 0 Å². The number of hydrogen-bond donors (Lipinski definition) is 4. The van der Waals surface area contributed by atoms with Crippen LogP contribution in [0.4, 0.5) is 0 Å². The van der Waals surface area contributed by atoms with Crippen LogP contribution in [0.25, 0.3) is 0 Å². The Bertz CT molecular complexity index is 455. The van der Waals surface area contributed by atoms with Crippen LogP contribution in [0, 0.1) is 0 Å². The van der Waals surface area contributed by atoms with Gasteiger partial charge in [0.05, 0.1) is 0 Å². The van der Waals surface area contributed by atoms with Gasteiger partial charge in [0.15, 0.2) is 19.6 Å². The summed E-state index contributed by atoms with van der Waals surface area (Å²) in [6.45, 7) is 9.05. The summed E-state index contributed by atoms with van der Waals surface area (Å²) in [5.41, 5.74) is 1.73. The first-order chi connectivity index (χ1) is 9.22. The maximum Gasteiger partial charge on any atom is 0.244 e. The van der Waals surface area contributed by atoms with E-state index in [-0.39, 0.29) is 0 Å². The lowest BCUT2D eigenvalue weighted by Crippen LogP contribution is -3.58. The molecule has 0 aliphatic carbocycles. The van der Waals surface area contributed by atoms with Crippen LogP contribution in [0.1, 0.15) is 5.56 Å². The Morgan fingerprint density at radius 2 is 1.58 bits per heavy atom. The third-order valence-electron chi connectivity index (χ3n) is 5.02. The highest BCUT2D eigenvalue weighted by Gasteiger charge is 2.60. The molecule has 4 aliphatic heterocycles. The Hall–Kier alpha value is -0.650. The van der Waals surface area contributed by atoms with Gasteiger partial charge in [0, 0.05) is 10.6 Å². The molecule has 0 unspecified atom stereocenters. The summed E-state index contributed by atoms with van der Waals surface area (Å²) in [4.78, 5) is 5.39. The van der Waals surface area contributed by atoms with E-state index in [2.05, 4.69) is 17.4 Å². The lowest BCUT2D eigenvalue weighted by molar-refractivity contribution is -1.31. The molecular formula is C14H23ClN4+4. The van der Waals surface area contributed by atoms with Crippen LogP contribution in [0.15, 0.2) is 24.3 Å². The van der Waals surface area contributed by atoms with Crippen molar-refractivity contribution >= 4 is 11.6 Å². The zero-order valence-electron chi connectivity index (χ0n) is 11.2. The second kappa shape index (κ2) is 4.43. The third kappa shape index (κ3) is 2.18. The molecule has 4 saturated heterocycles. The van der Waals surface area contributed by atoms with Crippen molar-refractivity contribution in [1.82, 2.24) is 0 Å². The topological polar surface area (TPSA) is 29.9 Å². The van der Waals surface area contributed by atoms with E-state index in [0.29, 0.717) is 5.54 Å². The predicted molar refractivity (Wildman–Crippen MR) is 71.9 cm³/mol. The first-order valence-corrected chi connectivity index (χ1v) is 7.69. The second-order valence-corrected chi connectivity index (χ2v) is 7.08. The van der Waals surface area contributed by atoms with Crippen LogP contribution in [0.2, 0.25) is 5.02 Å². The van der Waals surface area contributed by atoms with Crippen molar-refractivity contribution in [2.45, 2.75) is 12.1 Å². The highest BCUT2D eigenvalue weighted by atomic mass is 35.5. The van der Waals surface area contributed by atoms with Crippen LogP contribution in [-0.4, -0.2) is 45.2 Å². The van der Waals surface area contributed by atoms with E-state index in [1.807, 2.05) is 12.1 Å². The van der Waals surface area contributed by atoms with Crippen LogP contribution < -0.4 is 20.0 Å². The largest absolute Gasteiger partial charge is 0.323 e. The van der Waals surface area contributed by atoms with Crippen molar-refractivity contribution in [3.63, 3.8) is 0 Å². The maximum atomic E-state index is 6.27. The molecule has 19 heavy (non-hydrogen) atoms. The monoisotopic (exact) mass is 282 g/mol. The number of quaternary nitrogens is 4. The van der Waals surface area contributed by atoms with Gasteiger partial charge in [0.25, 0.3) is 0 Å². The van der Waals surface area contributed by atoms with Gasteiger partial charge in [-0.2, -0.15) is 0 Å². The third-order valence-corrected chi connectivity index (χ3v) is 5.39. The van der Waals surface area contributed by atoms with Crippen molar-refractivity contribution in [3.8, 4) is 0 Å². The Balaban J connectivity index is 1.49. The number of rotatable bonds is 3. The summed E-state index contributed by atoms with van der Waals surface area (Å²) in [6, 6.07) is 8.26. The van der Waals surface area contributed by atoms with E-state index in [9.17, 15) is 0 Å². The van der Waals surface area contributed by atoms with Gasteiger partial charge >= 0.3 is 0 Å². The Kier molecular flexibility index (Phi) is 2.83. The molecular weight excluding hydrogens is 260 g/mol. The highest BCUT2D eigenvalue weighted by molar-refractivity contribution is 6.31. The van der Waals surface area contributed by atoms with Crippen LogP contribution in [0.3, 0.4) is 0 Å². The van der Waals surface area contributed by atoms with Crippen LogP contribution in [-0.2, 0) is 6.54 Å². The number of hydrogen-bond acceptors (Lipinski definition) is 0. The molecule has 5 heteroatoms. The summed E-state index contributed by atoms with van der Waals surface area (Å²) in [5, 5.41) is 3.49. The molecule has 0 radical (unpaired) electrons. The summed E-state index contributed by atoms with van der Waals surface area (Å²) < 4.78 is 0. The average molecular weight is 283 g/mol. The zero-order valence-corrected chi connectivity index (χ0v) is 12.0. The number of nitrogens with one attached hydrogen (secondary N) is 3. The van der Waals surface area contributed by atoms with E-state index >= 15 is 0 Å². The van der Waals surface area contributed by atoms with E-state index in [1.54, 1.807) is 14.7 Å². The highest BCUT2D eigenvalue weighted by Crippen LogP contribution is 2.13. The Labute approximate surface area is 118 Å². The molecule has 0 spiro atoms. The van der Waals surface area contributed by atoms with Crippen LogP contribution >= 0.6 is 11.6 Å². The van der Waals surface area contributed by atoms with E-state index in [4.69, 9.17) is 11.6 Å². The molecule has 102 valence electrons. The Morgan fingerprint density at radius 3 is 2.16 bits per heavy atom. The van der Waals surface area contributed by atoms with E-state index < -0.39 is 0 Å². The predicted octanol–water partition coefficient (Wildman–Crippen LogP) is -4.29. The first-order valence-electron chi connectivity index (χ1n) is 7.31. The molecule has 0 atom stereocenters. The quantitative estimate of drug-likeness (QED) is 0.433. The maximum absolute atomic E-state index is 6.27. The van der Waals surface area contributed by atoms with Crippen molar-refractivity contribution in [2.24, 2.45) is 0 Å². The summed E-state index contributed by atoms with van der Waals surface area (Å²) >= 11 is 6.27. The molecule has 4 aliphatic rings. The summed E-state index contributed by atoms with van der Waals surface area (Å²) in [6.07, 6.45) is 0. The molecule has 4 nitrogen and oxygen atoms in total. The molecule has 0 saturated carbocycles. The molecule has 0 aromatic heterocycles. The van der Waals surface area contributed by atoms with Gasteiger partial charge in [-0.25, -0.2) is 14.7 Å². The zero-order chi connectivity index (χ0) is 12.9.